The van der Waals surface area contributed by atoms with Gasteiger partial charge in [0.25, 0.3) is 5.91 Å². The highest BCUT2D eigenvalue weighted by molar-refractivity contribution is 7.80. The number of hydrazine groups is 1. The molecule has 0 saturated heterocycles. The molecule has 0 heterocycles. The van der Waals surface area contributed by atoms with E-state index in [-0.39, 0.29) is 5.91 Å². The minimum Gasteiger partial charge on any atom is -0.481 e. The Morgan fingerprint density at radius 2 is 1.85 bits per heavy atom. The van der Waals surface area contributed by atoms with Crippen molar-refractivity contribution < 1.29 is 9.53 Å². The zero-order valence-corrected chi connectivity index (χ0v) is 13.4. The summed E-state index contributed by atoms with van der Waals surface area (Å²) in [5, 5.41) is 3.71. The van der Waals surface area contributed by atoms with Crippen LogP contribution in [0, 0.1) is 13.8 Å². The first-order valence-corrected chi connectivity index (χ1v) is 6.84. The number of nitrogens with one attached hydrogen (secondary N) is 3. The second-order valence-electron chi connectivity index (χ2n) is 4.32. The predicted molar refractivity (Wildman–Crippen MR) is 84.0 cm³/mol. The fourth-order valence-corrected chi connectivity index (χ4v) is 1.67. The Labute approximate surface area is 129 Å². The van der Waals surface area contributed by atoms with Gasteiger partial charge in [-0.3, -0.25) is 15.6 Å². The summed E-state index contributed by atoms with van der Waals surface area (Å²) in [5.74, 6) is 0.274. The topological polar surface area (TPSA) is 62.4 Å². The Hall–Kier alpha value is -1.53. The molecule has 0 saturated carbocycles. The van der Waals surface area contributed by atoms with E-state index in [1.165, 1.54) is 0 Å². The van der Waals surface area contributed by atoms with Crippen LogP contribution in [0.15, 0.2) is 12.1 Å². The second kappa shape index (κ2) is 7.31. The minimum atomic E-state index is -0.665. The van der Waals surface area contributed by atoms with Crippen LogP contribution >= 0.6 is 23.8 Å². The SMILES string of the molecule is CNC(=S)NNC(=O)C(C)Oc1cc(C)c(Cl)c(C)c1. The third-order valence-electron chi connectivity index (χ3n) is 2.62. The first-order valence-electron chi connectivity index (χ1n) is 6.06. The molecule has 1 aromatic carbocycles. The number of hydrogen-bond donors (Lipinski definition) is 3. The summed E-state index contributed by atoms with van der Waals surface area (Å²) in [6.45, 7) is 5.43. The van der Waals surface area contributed by atoms with Gasteiger partial charge >= 0.3 is 0 Å². The summed E-state index contributed by atoms with van der Waals surface area (Å²) in [7, 11) is 1.65. The Kier molecular flexibility index (Phi) is 6.04. The standard InChI is InChI=1S/C13H18ClN3O2S/c1-7-5-10(6-8(2)11(7)14)19-9(3)12(18)16-17-13(20)15-4/h5-6,9H,1-4H3,(H,16,18)(H2,15,17,20). The van der Waals surface area contributed by atoms with Crippen molar-refractivity contribution in [2.24, 2.45) is 0 Å². The fraction of sp³-hybridized carbons (Fsp3) is 0.385. The van der Waals surface area contributed by atoms with Crippen molar-refractivity contribution in [2.45, 2.75) is 26.9 Å². The normalized spacial score (nSPS) is 11.4. The minimum absolute atomic E-state index is 0.323. The first-order chi connectivity index (χ1) is 9.35. The van der Waals surface area contributed by atoms with Crippen LogP contribution in [0.1, 0.15) is 18.1 Å². The molecule has 1 amide bonds. The highest BCUT2D eigenvalue weighted by atomic mass is 35.5. The van der Waals surface area contributed by atoms with Crippen LogP contribution in [0.4, 0.5) is 0 Å². The zero-order chi connectivity index (χ0) is 15.3. The smallest absolute Gasteiger partial charge is 0.279 e. The van der Waals surface area contributed by atoms with Gasteiger partial charge in [-0.2, -0.15) is 0 Å². The monoisotopic (exact) mass is 315 g/mol. The number of carbonyl (C=O) groups excluding carboxylic acids is 1. The maximum atomic E-state index is 11.8. The van der Waals surface area contributed by atoms with Crippen molar-refractivity contribution in [3.8, 4) is 5.75 Å². The van der Waals surface area contributed by atoms with Gasteiger partial charge in [0.15, 0.2) is 11.2 Å². The molecule has 0 spiro atoms. The first kappa shape index (κ1) is 16.5. The number of carbonyl (C=O) groups is 1. The molecule has 1 atom stereocenters. The number of aryl methyl sites for hydroxylation is 2. The molecule has 7 heteroatoms. The lowest BCUT2D eigenvalue weighted by Crippen LogP contribution is -2.49. The van der Waals surface area contributed by atoms with Crippen LogP contribution in [0.2, 0.25) is 5.02 Å². The van der Waals surface area contributed by atoms with Crippen molar-refractivity contribution in [3.63, 3.8) is 0 Å². The average Bonchev–Trinajstić information content (AvgIpc) is 2.41. The van der Waals surface area contributed by atoms with Gasteiger partial charge < -0.3 is 10.1 Å². The van der Waals surface area contributed by atoms with Crippen molar-refractivity contribution >= 4 is 34.8 Å². The van der Waals surface area contributed by atoms with Gasteiger partial charge in [-0.1, -0.05) is 11.6 Å². The number of ether oxygens (including phenoxy) is 1. The summed E-state index contributed by atoms with van der Waals surface area (Å²) in [4.78, 5) is 11.8. The number of rotatable bonds is 3. The number of thiocarbonyl (C=S) groups is 1. The van der Waals surface area contributed by atoms with Gasteiger partial charge in [-0.05, 0) is 56.2 Å². The van der Waals surface area contributed by atoms with Gasteiger partial charge in [-0.25, -0.2) is 0 Å². The van der Waals surface area contributed by atoms with E-state index in [0.717, 1.165) is 11.1 Å². The van der Waals surface area contributed by atoms with Crippen molar-refractivity contribution in [2.75, 3.05) is 7.05 Å². The van der Waals surface area contributed by atoms with Crippen LogP contribution in [-0.2, 0) is 4.79 Å². The maximum absolute atomic E-state index is 11.8. The fourth-order valence-electron chi connectivity index (χ4n) is 1.51. The molecular formula is C13H18ClN3O2S. The molecule has 0 aromatic heterocycles. The molecule has 3 N–H and O–H groups in total. The molecule has 110 valence electrons. The molecule has 1 aromatic rings. The molecule has 20 heavy (non-hydrogen) atoms. The lowest BCUT2D eigenvalue weighted by Gasteiger charge is -2.17. The summed E-state index contributed by atoms with van der Waals surface area (Å²) < 4.78 is 5.58. The quantitative estimate of drug-likeness (QED) is 0.587. The van der Waals surface area contributed by atoms with Crippen LogP contribution in [0.3, 0.4) is 0 Å². The lowest BCUT2D eigenvalue weighted by molar-refractivity contribution is -0.127. The number of halogens is 1. The van der Waals surface area contributed by atoms with Crippen LogP contribution in [0.25, 0.3) is 0 Å². The summed E-state index contributed by atoms with van der Waals surface area (Å²) in [6, 6.07) is 3.59. The third kappa shape index (κ3) is 4.54. The van der Waals surface area contributed by atoms with E-state index in [2.05, 4.69) is 16.2 Å². The lowest BCUT2D eigenvalue weighted by atomic mass is 10.1. The molecule has 0 aliphatic heterocycles. The van der Waals surface area contributed by atoms with Crippen LogP contribution < -0.4 is 20.9 Å². The van der Waals surface area contributed by atoms with Crippen LogP contribution in [-0.4, -0.2) is 24.2 Å². The van der Waals surface area contributed by atoms with E-state index in [4.69, 9.17) is 28.6 Å². The molecule has 0 fully saturated rings. The van der Waals surface area contributed by atoms with Gasteiger partial charge in [0.2, 0.25) is 0 Å². The molecule has 1 unspecified atom stereocenters. The van der Waals surface area contributed by atoms with Gasteiger partial charge in [-0.15, -0.1) is 0 Å². The van der Waals surface area contributed by atoms with E-state index in [0.29, 0.717) is 15.9 Å². The highest BCUT2D eigenvalue weighted by Crippen LogP contribution is 2.26. The van der Waals surface area contributed by atoms with E-state index in [1.54, 1.807) is 26.1 Å². The molecule has 0 aliphatic carbocycles. The largest absolute Gasteiger partial charge is 0.481 e. The maximum Gasteiger partial charge on any atom is 0.279 e. The zero-order valence-electron chi connectivity index (χ0n) is 11.8. The van der Waals surface area contributed by atoms with Crippen molar-refractivity contribution in [1.82, 2.24) is 16.2 Å². The van der Waals surface area contributed by atoms with Crippen molar-refractivity contribution in [3.05, 3.63) is 28.3 Å². The predicted octanol–water partition coefficient (Wildman–Crippen LogP) is 1.85. The van der Waals surface area contributed by atoms with Gasteiger partial charge in [0.1, 0.15) is 5.75 Å². The Morgan fingerprint density at radius 3 is 2.35 bits per heavy atom. The second-order valence-corrected chi connectivity index (χ2v) is 5.11. The summed E-state index contributed by atoms with van der Waals surface area (Å²) >= 11 is 10.9. The Balaban J connectivity index is 2.64. The number of benzene rings is 1. The highest BCUT2D eigenvalue weighted by Gasteiger charge is 2.15. The Morgan fingerprint density at radius 1 is 1.30 bits per heavy atom. The van der Waals surface area contributed by atoms with Gasteiger partial charge in [0.05, 0.1) is 0 Å². The number of hydrogen-bond acceptors (Lipinski definition) is 3. The molecule has 0 bridgehead atoms. The molecular weight excluding hydrogens is 298 g/mol. The van der Waals surface area contributed by atoms with Crippen LogP contribution in [0.5, 0.6) is 5.75 Å². The molecule has 0 aliphatic rings. The van der Waals surface area contributed by atoms with E-state index >= 15 is 0 Å². The Bertz CT molecular complexity index is 499. The molecule has 0 radical (unpaired) electrons. The van der Waals surface area contributed by atoms with E-state index < -0.39 is 6.10 Å². The summed E-state index contributed by atoms with van der Waals surface area (Å²) in [6.07, 6.45) is -0.665. The number of amides is 1. The van der Waals surface area contributed by atoms with E-state index in [9.17, 15) is 4.79 Å². The molecule has 1 rings (SSSR count). The average molecular weight is 316 g/mol. The summed E-state index contributed by atoms with van der Waals surface area (Å²) in [5.41, 5.74) is 6.81. The molecule has 5 nitrogen and oxygen atoms in total. The van der Waals surface area contributed by atoms with E-state index in [1.807, 2.05) is 13.8 Å². The third-order valence-corrected chi connectivity index (χ3v) is 3.52. The van der Waals surface area contributed by atoms with Gasteiger partial charge in [0, 0.05) is 12.1 Å². The van der Waals surface area contributed by atoms with Crippen molar-refractivity contribution in [1.29, 1.82) is 0 Å².